The zero-order valence-corrected chi connectivity index (χ0v) is 10.7. The Balaban J connectivity index is 2.49. The lowest BCUT2D eigenvalue weighted by atomic mass is 10.0. The molecule has 0 fully saturated rings. The quantitative estimate of drug-likeness (QED) is 0.789. The first-order valence-electron chi connectivity index (χ1n) is 6.05. The van der Waals surface area contributed by atoms with Gasteiger partial charge in [-0.05, 0) is 44.2 Å². The number of phenols is 1. The molecule has 1 atom stereocenters. The first-order valence-corrected chi connectivity index (χ1v) is 6.05. The Morgan fingerprint density at radius 1 is 1.19 bits per heavy atom. The summed E-state index contributed by atoms with van der Waals surface area (Å²) in [4.78, 5) is 0. The Morgan fingerprint density at radius 2 is 1.88 bits per heavy atom. The van der Waals surface area contributed by atoms with E-state index in [0.29, 0.717) is 11.8 Å². The first kappa shape index (κ1) is 12.9. The summed E-state index contributed by atoms with van der Waals surface area (Å²) in [7, 11) is 0. The summed E-state index contributed by atoms with van der Waals surface area (Å²) in [5.74, 6) is 1.11. The van der Waals surface area contributed by atoms with Gasteiger partial charge < -0.3 is 10.4 Å². The van der Waals surface area contributed by atoms with E-state index in [-0.39, 0.29) is 0 Å². The highest BCUT2D eigenvalue weighted by Crippen LogP contribution is 2.22. The Hall–Kier alpha value is -1.18. The van der Waals surface area contributed by atoms with Gasteiger partial charge in [0, 0.05) is 17.8 Å². The van der Waals surface area contributed by atoms with Gasteiger partial charge in [-0.1, -0.05) is 19.9 Å². The number of hydrogen-bond donors (Lipinski definition) is 2. The second-order valence-electron chi connectivity index (χ2n) is 5.02. The van der Waals surface area contributed by atoms with E-state index in [4.69, 9.17) is 0 Å². The second kappa shape index (κ2) is 5.78. The molecule has 0 aliphatic heterocycles. The number of rotatable bonds is 5. The molecular weight excluding hydrogens is 198 g/mol. The SMILES string of the molecule is Cc1ccc(NC(C)CCC(C)C)cc1O. The zero-order valence-electron chi connectivity index (χ0n) is 10.7. The summed E-state index contributed by atoms with van der Waals surface area (Å²) in [6, 6.07) is 6.19. The van der Waals surface area contributed by atoms with E-state index in [2.05, 4.69) is 26.1 Å². The van der Waals surface area contributed by atoms with Crippen LogP contribution in [0.2, 0.25) is 0 Å². The van der Waals surface area contributed by atoms with Gasteiger partial charge in [0.05, 0.1) is 0 Å². The maximum absolute atomic E-state index is 9.59. The Kier molecular flexibility index (Phi) is 4.66. The largest absolute Gasteiger partial charge is 0.508 e. The van der Waals surface area contributed by atoms with Crippen LogP contribution in [0.5, 0.6) is 5.75 Å². The van der Waals surface area contributed by atoms with Crippen LogP contribution in [0.4, 0.5) is 5.69 Å². The predicted molar refractivity (Wildman–Crippen MR) is 70.0 cm³/mol. The van der Waals surface area contributed by atoms with Crippen molar-refractivity contribution in [2.75, 3.05) is 5.32 Å². The van der Waals surface area contributed by atoms with E-state index >= 15 is 0 Å². The number of nitrogens with one attached hydrogen (secondary N) is 1. The molecule has 16 heavy (non-hydrogen) atoms. The molecule has 0 heterocycles. The van der Waals surface area contributed by atoms with Crippen LogP contribution in [-0.4, -0.2) is 11.1 Å². The van der Waals surface area contributed by atoms with Crippen LogP contribution in [0.25, 0.3) is 0 Å². The van der Waals surface area contributed by atoms with Crippen molar-refractivity contribution in [2.45, 2.75) is 46.6 Å². The van der Waals surface area contributed by atoms with Gasteiger partial charge in [-0.15, -0.1) is 0 Å². The zero-order chi connectivity index (χ0) is 12.1. The number of aromatic hydroxyl groups is 1. The molecular formula is C14H23NO. The average Bonchev–Trinajstić information content (AvgIpc) is 2.21. The molecule has 1 aromatic carbocycles. The summed E-state index contributed by atoms with van der Waals surface area (Å²) in [5, 5.41) is 13.0. The minimum Gasteiger partial charge on any atom is -0.508 e. The molecule has 1 unspecified atom stereocenters. The van der Waals surface area contributed by atoms with E-state index in [0.717, 1.165) is 23.6 Å². The number of anilines is 1. The van der Waals surface area contributed by atoms with Crippen LogP contribution >= 0.6 is 0 Å². The third kappa shape index (κ3) is 4.13. The Labute approximate surface area is 98.7 Å². The molecule has 1 rings (SSSR count). The summed E-state index contributed by atoms with van der Waals surface area (Å²) >= 11 is 0. The van der Waals surface area contributed by atoms with E-state index < -0.39 is 0 Å². The lowest BCUT2D eigenvalue weighted by Gasteiger charge is -2.16. The maximum atomic E-state index is 9.59. The van der Waals surface area contributed by atoms with Gasteiger partial charge in [0.2, 0.25) is 0 Å². The van der Waals surface area contributed by atoms with Gasteiger partial charge in [-0.2, -0.15) is 0 Å². The van der Waals surface area contributed by atoms with Crippen molar-refractivity contribution in [3.8, 4) is 5.75 Å². The summed E-state index contributed by atoms with van der Waals surface area (Å²) in [6.45, 7) is 8.56. The minimum atomic E-state index is 0.362. The predicted octanol–water partition coefficient (Wildman–Crippen LogP) is 3.94. The third-order valence-electron chi connectivity index (χ3n) is 2.80. The smallest absolute Gasteiger partial charge is 0.120 e. The molecule has 1 aromatic rings. The van der Waals surface area contributed by atoms with Crippen LogP contribution in [0.15, 0.2) is 18.2 Å². The number of aryl methyl sites for hydroxylation is 1. The Morgan fingerprint density at radius 3 is 2.44 bits per heavy atom. The van der Waals surface area contributed by atoms with Crippen molar-refractivity contribution in [3.63, 3.8) is 0 Å². The molecule has 0 radical (unpaired) electrons. The highest BCUT2D eigenvalue weighted by Gasteiger charge is 2.04. The average molecular weight is 221 g/mol. The molecule has 0 bridgehead atoms. The number of phenolic OH excluding ortho intramolecular Hbond substituents is 1. The summed E-state index contributed by atoms with van der Waals surface area (Å²) in [6.07, 6.45) is 2.39. The van der Waals surface area contributed by atoms with Crippen molar-refractivity contribution in [2.24, 2.45) is 5.92 Å². The molecule has 2 heteroatoms. The summed E-state index contributed by atoms with van der Waals surface area (Å²) < 4.78 is 0. The standard InChI is InChI=1S/C14H23NO/c1-10(2)5-7-12(4)15-13-8-6-11(3)14(16)9-13/h6,8-10,12,15-16H,5,7H2,1-4H3. The monoisotopic (exact) mass is 221 g/mol. The van der Waals surface area contributed by atoms with Crippen LogP contribution in [0.3, 0.4) is 0 Å². The van der Waals surface area contributed by atoms with Crippen LogP contribution in [0, 0.1) is 12.8 Å². The summed E-state index contributed by atoms with van der Waals surface area (Å²) in [5.41, 5.74) is 1.92. The molecule has 0 saturated heterocycles. The minimum absolute atomic E-state index is 0.362. The van der Waals surface area contributed by atoms with E-state index in [1.807, 2.05) is 19.1 Å². The van der Waals surface area contributed by atoms with Crippen LogP contribution in [0.1, 0.15) is 39.2 Å². The number of hydrogen-bond acceptors (Lipinski definition) is 2. The molecule has 0 spiro atoms. The van der Waals surface area contributed by atoms with Crippen molar-refractivity contribution in [3.05, 3.63) is 23.8 Å². The normalized spacial score (nSPS) is 12.8. The van der Waals surface area contributed by atoms with Crippen molar-refractivity contribution in [1.29, 1.82) is 0 Å². The van der Waals surface area contributed by atoms with Gasteiger partial charge in [-0.25, -0.2) is 0 Å². The highest BCUT2D eigenvalue weighted by molar-refractivity contribution is 5.51. The molecule has 0 aliphatic rings. The maximum Gasteiger partial charge on any atom is 0.120 e. The fourth-order valence-corrected chi connectivity index (χ4v) is 1.64. The van der Waals surface area contributed by atoms with Gasteiger partial charge in [0.1, 0.15) is 5.75 Å². The molecule has 0 aromatic heterocycles. The van der Waals surface area contributed by atoms with Crippen LogP contribution < -0.4 is 5.32 Å². The fraction of sp³-hybridized carbons (Fsp3) is 0.571. The fourth-order valence-electron chi connectivity index (χ4n) is 1.64. The van der Waals surface area contributed by atoms with Crippen molar-refractivity contribution >= 4 is 5.69 Å². The Bertz CT molecular complexity index is 334. The van der Waals surface area contributed by atoms with Crippen molar-refractivity contribution < 1.29 is 5.11 Å². The highest BCUT2D eigenvalue weighted by atomic mass is 16.3. The van der Waals surface area contributed by atoms with Gasteiger partial charge in [0.25, 0.3) is 0 Å². The van der Waals surface area contributed by atoms with E-state index in [9.17, 15) is 5.11 Å². The topological polar surface area (TPSA) is 32.3 Å². The second-order valence-corrected chi connectivity index (χ2v) is 5.02. The van der Waals surface area contributed by atoms with E-state index in [1.165, 1.54) is 6.42 Å². The molecule has 0 aliphatic carbocycles. The molecule has 90 valence electrons. The third-order valence-corrected chi connectivity index (χ3v) is 2.80. The lowest BCUT2D eigenvalue weighted by molar-refractivity contribution is 0.471. The van der Waals surface area contributed by atoms with E-state index in [1.54, 1.807) is 6.07 Å². The van der Waals surface area contributed by atoms with Gasteiger partial charge >= 0.3 is 0 Å². The van der Waals surface area contributed by atoms with Crippen molar-refractivity contribution in [1.82, 2.24) is 0 Å². The molecule has 0 amide bonds. The lowest BCUT2D eigenvalue weighted by Crippen LogP contribution is -2.15. The molecule has 2 nitrogen and oxygen atoms in total. The molecule has 2 N–H and O–H groups in total. The number of benzene rings is 1. The van der Waals surface area contributed by atoms with Gasteiger partial charge in [0.15, 0.2) is 0 Å². The first-order chi connectivity index (χ1) is 7.49. The van der Waals surface area contributed by atoms with Crippen LogP contribution in [-0.2, 0) is 0 Å². The van der Waals surface area contributed by atoms with Gasteiger partial charge in [-0.3, -0.25) is 0 Å². The molecule has 0 saturated carbocycles.